The van der Waals surface area contributed by atoms with Gasteiger partial charge in [0.15, 0.2) is 0 Å². The zero-order valence-electron chi connectivity index (χ0n) is 14.4. The second-order valence-corrected chi connectivity index (χ2v) is 6.03. The van der Waals surface area contributed by atoms with Gasteiger partial charge in [0.2, 0.25) is 0 Å². The van der Waals surface area contributed by atoms with E-state index in [2.05, 4.69) is 15.7 Å². The Morgan fingerprint density at radius 1 is 1.40 bits per heavy atom. The minimum Gasteiger partial charge on any atom is -0.375 e. The summed E-state index contributed by atoms with van der Waals surface area (Å²) in [4.78, 5) is 12.3. The molecule has 1 saturated heterocycles. The molecular formula is C18H25ClN4O2. The van der Waals surface area contributed by atoms with E-state index in [0.29, 0.717) is 18.3 Å². The summed E-state index contributed by atoms with van der Waals surface area (Å²) in [6, 6.07) is 12.0. The smallest absolute Gasteiger partial charge is 0.271 e. The molecule has 0 aliphatic carbocycles. The van der Waals surface area contributed by atoms with Crippen LogP contribution in [0.15, 0.2) is 42.6 Å². The van der Waals surface area contributed by atoms with E-state index in [4.69, 9.17) is 4.74 Å². The lowest BCUT2D eigenvalue weighted by atomic mass is 10.1. The number of nitrogens with zero attached hydrogens (tertiary/aromatic N) is 2. The van der Waals surface area contributed by atoms with Crippen molar-refractivity contribution in [3.05, 3.63) is 53.9 Å². The van der Waals surface area contributed by atoms with Crippen molar-refractivity contribution < 1.29 is 9.53 Å². The summed E-state index contributed by atoms with van der Waals surface area (Å²) in [5.41, 5.74) is 1.49. The van der Waals surface area contributed by atoms with E-state index < -0.39 is 0 Å². The van der Waals surface area contributed by atoms with Gasteiger partial charge in [-0.1, -0.05) is 30.3 Å². The van der Waals surface area contributed by atoms with Gasteiger partial charge in [-0.3, -0.25) is 9.48 Å². The van der Waals surface area contributed by atoms with Crippen molar-refractivity contribution in [1.82, 2.24) is 20.4 Å². The molecule has 2 heterocycles. The van der Waals surface area contributed by atoms with Gasteiger partial charge >= 0.3 is 0 Å². The van der Waals surface area contributed by atoms with Gasteiger partial charge in [-0.05, 0) is 31.0 Å². The molecule has 0 radical (unpaired) electrons. The van der Waals surface area contributed by atoms with Crippen LogP contribution in [0.25, 0.3) is 0 Å². The van der Waals surface area contributed by atoms with Crippen LogP contribution in [0.4, 0.5) is 0 Å². The van der Waals surface area contributed by atoms with Gasteiger partial charge in [-0.15, -0.1) is 12.4 Å². The van der Waals surface area contributed by atoms with Crippen LogP contribution in [0.2, 0.25) is 0 Å². The molecule has 1 aromatic heterocycles. The van der Waals surface area contributed by atoms with Gasteiger partial charge in [0.05, 0.1) is 12.1 Å². The Labute approximate surface area is 154 Å². The van der Waals surface area contributed by atoms with Crippen molar-refractivity contribution in [3.8, 4) is 0 Å². The fourth-order valence-corrected chi connectivity index (χ4v) is 3.00. The first-order chi connectivity index (χ1) is 11.8. The van der Waals surface area contributed by atoms with Crippen LogP contribution in [0.1, 0.15) is 41.0 Å². The van der Waals surface area contributed by atoms with Crippen molar-refractivity contribution in [2.24, 2.45) is 0 Å². The van der Waals surface area contributed by atoms with Crippen LogP contribution in [-0.2, 0) is 4.74 Å². The number of hydrogen-bond donors (Lipinski definition) is 2. The molecule has 2 unspecified atom stereocenters. The lowest BCUT2D eigenvalue weighted by Gasteiger charge is -2.22. The molecule has 0 saturated carbocycles. The standard InChI is InChI=1S/C18H24N4O2.ClH/c1-24-17(14-6-3-2-4-7-14)13-20-18(23)16-9-11-22(21-16)15-8-5-10-19-12-15;/h2-4,6-7,9,11,15,17,19H,5,8,10,12-13H2,1H3,(H,20,23);1H. The molecule has 1 fully saturated rings. The summed E-state index contributed by atoms with van der Waals surface area (Å²) in [7, 11) is 1.65. The van der Waals surface area contributed by atoms with E-state index in [1.807, 2.05) is 41.2 Å². The number of piperidine rings is 1. The number of hydrogen-bond acceptors (Lipinski definition) is 4. The lowest BCUT2D eigenvalue weighted by molar-refractivity contribution is 0.0823. The average molecular weight is 365 g/mol. The molecule has 0 bridgehead atoms. The minimum absolute atomic E-state index is 0. The molecule has 25 heavy (non-hydrogen) atoms. The highest BCUT2D eigenvalue weighted by Crippen LogP contribution is 2.17. The van der Waals surface area contributed by atoms with Crippen LogP contribution in [0, 0.1) is 0 Å². The van der Waals surface area contributed by atoms with E-state index in [9.17, 15) is 4.79 Å². The Hall–Kier alpha value is -1.89. The maximum atomic E-state index is 12.3. The topological polar surface area (TPSA) is 68.2 Å². The van der Waals surface area contributed by atoms with Gasteiger partial charge in [-0.2, -0.15) is 5.10 Å². The number of ether oxygens (including phenoxy) is 1. The van der Waals surface area contributed by atoms with Crippen molar-refractivity contribution in [2.45, 2.75) is 25.0 Å². The molecule has 6 nitrogen and oxygen atoms in total. The number of rotatable bonds is 6. The summed E-state index contributed by atoms with van der Waals surface area (Å²) in [6.07, 6.45) is 3.95. The Morgan fingerprint density at radius 2 is 2.20 bits per heavy atom. The lowest BCUT2D eigenvalue weighted by Crippen LogP contribution is -2.32. The van der Waals surface area contributed by atoms with Gasteiger partial charge in [0.25, 0.3) is 5.91 Å². The van der Waals surface area contributed by atoms with Gasteiger partial charge < -0.3 is 15.4 Å². The first-order valence-electron chi connectivity index (χ1n) is 8.39. The van der Waals surface area contributed by atoms with Crippen LogP contribution >= 0.6 is 12.4 Å². The fourth-order valence-electron chi connectivity index (χ4n) is 3.00. The van der Waals surface area contributed by atoms with E-state index in [0.717, 1.165) is 31.5 Å². The maximum absolute atomic E-state index is 12.3. The Kier molecular flexibility index (Phi) is 7.43. The Balaban J connectivity index is 0.00000225. The molecular weight excluding hydrogens is 340 g/mol. The highest BCUT2D eigenvalue weighted by atomic mass is 35.5. The molecule has 3 rings (SSSR count). The van der Waals surface area contributed by atoms with Gasteiger partial charge in [0.1, 0.15) is 5.69 Å². The van der Waals surface area contributed by atoms with Crippen molar-refractivity contribution in [3.63, 3.8) is 0 Å². The number of carbonyl (C=O) groups excluding carboxylic acids is 1. The maximum Gasteiger partial charge on any atom is 0.271 e. The summed E-state index contributed by atoms with van der Waals surface area (Å²) in [5.74, 6) is -0.171. The van der Waals surface area contributed by atoms with E-state index in [-0.39, 0.29) is 24.4 Å². The van der Waals surface area contributed by atoms with Crippen LogP contribution in [0.5, 0.6) is 0 Å². The quantitative estimate of drug-likeness (QED) is 0.825. The fraction of sp³-hybridized carbons (Fsp3) is 0.444. The second kappa shape index (κ2) is 9.56. The zero-order chi connectivity index (χ0) is 16.8. The second-order valence-electron chi connectivity index (χ2n) is 6.03. The molecule has 2 atom stereocenters. The molecule has 7 heteroatoms. The molecule has 1 aliphatic rings. The highest BCUT2D eigenvalue weighted by Gasteiger charge is 2.18. The third-order valence-corrected chi connectivity index (χ3v) is 4.39. The summed E-state index contributed by atoms with van der Waals surface area (Å²) >= 11 is 0. The normalized spacial score (nSPS) is 18.2. The Morgan fingerprint density at radius 3 is 2.88 bits per heavy atom. The van der Waals surface area contributed by atoms with E-state index >= 15 is 0 Å². The largest absolute Gasteiger partial charge is 0.375 e. The summed E-state index contributed by atoms with van der Waals surface area (Å²) < 4.78 is 7.37. The minimum atomic E-state index is -0.171. The third-order valence-electron chi connectivity index (χ3n) is 4.39. The molecule has 2 N–H and O–H groups in total. The third kappa shape index (κ3) is 5.04. The first kappa shape index (κ1) is 19.4. The first-order valence-corrected chi connectivity index (χ1v) is 8.39. The van der Waals surface area contributed by atoms with Crippen LogP contribution in [-0.4, -0.2) is 42.4 Å². The number of benzene rings is 1. The predicted molar refractivity (Wildman–Crippen MR) is 99.1 cm³/mol. The van der Waals surface area contributed by atoms with Crippen LogP contribution < -0.4 is 10.6 Å². The highest BCUT2D eigenvalue weighted by molar-refractivity contribution is 5.92. The van der Waals surface area contributed by atoms with Crippen molar-refractivity contribution >= 4 is 18.3 Å². The summed E-state index contributed by atoms with van der Waals surface area (Å²) in [5, 5.41) is 10.7. The number of nitrogens with one attached hydrogen (secondary N) is 2. The number of methoxy groups -OCH3 is 1. The summed E-state index contributed by atoms with van der Waals surface area (Å²) in [6.45, 7) is 2.38. The molecule has 1 amide bonds. The van der Waals surface area contributed by atoms with Gasteiger partial charge in [0, 0.05) is 26.4 Å². The van der Waals surface area contributed by atoms with Crippen molar-refractivity contribution in [2.75, 3.05) is 26.7 Å². The SMILES string of the molecule is COC(CNC(=O)c1ccn(C2CCCNC2)n1)c1ccccc1.Cl. The van der Waals surface area contributed by atoms with Crippen molar-refractivity contribution in [1.29, 1.82) is 0 Å². The number of carbonyl (C=O) groups is 1. The number of amides is 1. The molecule has 1 aliphatic heterocycles. The molecule has 0 spiro atoms. The predicted octanol–water partition coefficient (Wildman–Crippen LogP) is 2.35. The van der Waals surface area contributed by atoms with Crippen LogP contribution in [0.3, 0.4) is 0 Å². The molecule has 136 valence electrons. The molecule has 2 aromatic rings. The number of halogens is 1. The number of aromatic nitrogens is 2. The Bertz CT molecular complexity index is 656. The average Bonchev–Trinajstić information content (AvgIpc) is 3.14. The van der Waals surface area contributed by atoms with Gasteiger partial charge in [-0.25, -0.2) is 0 Å². The van der Waals surface area contributed by atoms with E-state index in [1.165, 1.54) is 0 Å². The van der Waals surface area contributed by atoms with E-state index in [1.54, 1.807) is 13.2 Å². The molecule has 1 aromatic carbocycles. The zero-order valence-corrected chi connectivity index (χ0v) is 15.2. The monoisotopic (exact) mass is 364 g/mol.